The summed E-state index contributed by atoms with van der Waals surface area (Å²) in [6.45, 7) is 2.30. The summed E-state index contributed by atoms with van der Waals surface area (Å²) < 4.78 is 10.6. The molecule has 1 aliphatic heterocycles. The van der Waals surface area contributed by atoms with Gasteiger partial charge in [-0.2, -0.15) is 4.98 Å². The van der Waals surface area contributed by atoms with E-state index in [4.69, 9.17) is 15.0 Å². The summed E-state index contributed by atoms with van der Waals surface area (Å²) in [6, 6.07) is 0. The maximum atomic E-state index is 5.73. The van der Waals surface area contributed by atoms with Crippen molar-refractivity contribution >= 4 is 0 Å². The molecule has 2 fully saturated rings. The van der Waals surface area contributed by atoms with Crippen LogP contribution < -0.4 is 5.73 Å². The highest BCUT2D eigenvalue weighted by Crippen LogP contribution is 2.46. The maximum Gasteiger partial charge on any atom is 0.234 e. The van der Waals surface area contributed by atoms with Crippen molar-refractivity contribution in [3.8, 4) is 0 Å². The summed E-state index contributed by atoms with van der Waals surface area (Å²) in [5, 5.41) is 4.04. The number of hydrogen-bond donors (Lipinski definition) is 1. The fourth-order valence-corrected chi connectivity index (χ4v) is 2.21. The van der Waals surface area contributed by atoms with E-state index in [1.165, 1.54) is 0 Å². The van der Waals surface area contributed by atoms with Gasteiger partial charge in [0, 0.05) is 26.2 Å². The number of ether oxygens (including phenoxy) is 1. The van der Waals surface area contributed by atoms with Gasteiger partial charge in [-0.3, -0.25) is 0 Å². The Morgan fingerprint density at radius 3 is 2.94 bits per heavy atom. The van der Waals surface area contributed by atoms with Crippen LogP contribution in [0.1, 0.15) is 31.0 Å². The van der Waals surface area contributed by atoms with Crippen molar-refractivity contribution in [1.82, 2.24) is 10.1 Å². The topological polar surface area (TPSA) is 74.2 Å². The molecular formula is C11H17N3O2. The molecule has 1 saturated heterocycles. The van der Waals surface area contributed by atoms with Crippen molar-refractivity contribution in [1.29, 1.82) is 0 Å². The molecule has 0 bridgehead atoms. The minimum atomic E-state index is 0.0113. The van der Waals surface area contributed by atoms with Crippen LogP contribution in [0, 0.1) is 5.92 Å². The van der Waals surface area contributed by atoms with Gasteiger partial charge in [0.2, 0.25) is 5.89 Å². The average Bonchev–Trinajstić information content (AvgIpc) is 2.74. The largest absolute Gasteiger partial charge is 0.381 e. The van der Waals surface area contributed by atoms with Gasteiger partial charge in [-0.15, -0.1) is 0 Å². The summed E-state index contributed by atoms with van der Waals surface area (Å²) >= 11 is 0. The van der Waals surface area contributed by atoms with E-state index in [1.807, 2.05) is 0 Å². The standard InChI is InChI=1S/C11H17N3O2/c12-7-11(2-3-11)10-13-9(14-16-10)5-8-1-4-15-6-8/h8H,1-7,12H2. The van der Waals surface area contributed by atoms with E-state index >= 15 is 0 Å². The Bertz CT molecular complexity index is 367. The number of hydrogen-bond acceptors (Lipinski definition) is 5. The normalized spacial score (nSPS) is 27.2. The first kappa shape index (κ1) is 10.2. The average molecular weight is 223 g/mol. The van der Waals surface area contributed by atoms with Gasteiger partial charge in [-0.1, -0.05) is 5.16 Å². The Morgan fingerprint density at radius 1 is 1.44 bits per heavy atom. The van der Waals surface area contributed by atoms with Crippen LogP contribution in [0.5, 0.6) is 0 Å². The molecule has 1 atom stereocenters. The van der Waals surface area contributed by atoms with Gasteiger partial charge in [-0.25, -0.2) is 0 Å². The molecule has 0 aromatic carbocycles. The van der Waals surface area contributed by atoms with Crippen LogP contribution in [0.3, 0.4) is 0 Å². The van der Waals surface area contributed by atoms with Gasteiger partial charge in [0.05, 0.1) is 5.41 Å². The molecule has 2 N–H and O–H groups in total. The van der Waals surface area contributed by atoms with Crippen molar-refractivity contribution in [3.05, 3.63) is 11.7 Å². The third-order valence-corrected chi connectivity index (χ3v) is 3.66. The van der Waals surface area contributed by atoms with Gasteiger partial charge >= 0.3 is 0 Å². The van der Waals surface area contributed by atoms with E-state index in [0.717, 1.165) is 50.6 Å². The lowest BCUT2D eigenvalue weighted by atomic mass is 10.0. The number of nitrogens with zero attached hydrogens (tertiary/aromatic N) is 2. The molecule has 1 unspecified atom stereocenters. The van der Waals surface area contributed by atoms with Crippen LogP contribution in [-0.4, -0.2) is 29.9 Å². The lowest BCUT2D eigenvalue weighted by Crippen LogP contribution is -2.20. The monoisotopic (exact) mass is 223 g/mol. The minimum Gasteiger partial charge on any atom is -0.381 e. The van der Waals surface area contributed by atoms with Crippen LogP contribution >= 0.6 is 0 Å². The summed E-state index contributed by atoms with van der Waals surface area (Å²) in [5.74, 6) is 2.10. The molecule has 2 aliphatic rings. The van der Waals surface area contributed by atoms with Crippen molar-refractivity contribution in [2.45, 2.75) is 31.1 Å². The van der Waals surface area contributed by atoms with E-state index in [0.29, 0.717) is 12.5 Å². The smallest absolute Gasteiger partial charge is 0.234 e. The Kier molecular flexibility index (Phi) is 2.44. The van der Waals surface area contributed by atoms with Crippen LogP contribution in [0.4, 0.5) is 0 Å². The lowest BCUT2D eigenvalue weighted by molar-refractivity contribution is 0.185. The molecule has 0 radical (unpaired) electrons. The Balaban J connectivity index is 1.68. The molecule has 1 saturated carbocycles. The zero-order valence-electron chi connectivity index (χ0n) is 9.32. The molecule has 0 amide bonds. The minimum absolute atomic E-state index is 0.0113. The Labute approximate surface area is 94.3 Å². The van der Waals surface area contributed by atoms with E-state index in [1.54, 1.807) is 0 Å². The van der Waals surface area contributed by atoms with Gasteiger partial charge in [0.1, 0.15) is 0 Å². The lowest BCUT2D eigenvalue weighted by Gasteiger charge is -2.04. The first-order chi connectivity index (χ1) is 7.82. The highest BCUT2D eigenvalue weighted by Gasteiger charge is 2.48. The molecule has 0 spiro atoms. The van der Waals surface area contributed by atoms with Crippen LogP contribution in [0.2, 0.25) is 0 Å². The summed E-state index contributed by atoms with van der Waals surface area (Å²) in [4.78, 5) is 4.47. The van der Waals surface area contributed by atoms with Gasteiger partial charge in [0.25, 0.3) is 0 Å². The fourth-order valence-electron chi connectivity index (χ4n) is 2.21. The quantitative estimate of drug-likeness (QED) is 0.810. The van der Waals surface area contributed by atoms with Crippen molar-refractivity contribution < 1.29 is 9.26 Å². The molecule has 5 nitrogen and oxygen atoms in total. The Hall–Kier alpha value is -0.940. The van der Waals surface area contributed by atoms with Crippen molar-refractivity contribution in [3.63, 3.8) is 0 Å². The second-order valence-corrected chi connectivity index (χ2v) is 4.93. The molecule has 2 heterocycles. The van der Waals surface area contributed by atoms with Gasteiger partial charge in [0.15, 0.2) is 5.82 Å². The number of aromatic nitrogens is 2. The molecule has 1 aromatic heterocycles. The molecule has 1 aromatic rings. The third kappa shape index (κ3) is 1.74. The molecule has 16 heavy (non-hydrogen) atoms. The van der Waals surface area contributed by atoms with Crippen LogP contribution in [0.15, 0.2) is 4.52 Å². The highest BCUT2D eigenvalue weighted by molar-refractivity contribution is 5.16. The third-order valence-electron chi connectivity index (χ3n) is 3.66. The zero-order valence-corrected chi connectivity index (χ0v) is 9.32. The van der Waals surface area contributed by atoms with E-state index in [9.17, 15) is 0 Å². The molecule has 5 heteroatoms. The molecule has 88 valence electrons. The van der Waals surface area contributed by atoms with Crippen LogP contribution in [-0.2, 0) is 16.6 Å². The van der Waals surface area contributed by atoms with Crippen molar-refractivity contribution in [2.75, 3.05) is 19.8 Å². The Morgan fingerprint density at radius 2 is 2.31 bits per heavy atom. The van der Waals surface area contributed by atoms with Gasteiger partial charge < -0.3 is 15.0 Å². The van der Waals surface area contributed by atoms with Crippen LogP contribution in [0.25, 0.3) is 0 Å². The van der Waals surface area contributed by atoms with Gasteiger partial charge in [-0.05, 0) is 25.2 Å². The van der Waals surface area contributed by atoms with E-state index < -0.39 is 0 Å². The summed E-state index contributed by atoms with van der Waals surface area (Å²) in [5.41, 5.74) is 5.74. The van der Waals surface area contributed by atoms with Crippen molar-refractivity contribution in [2.24, 2.45) is 11.7 Å². The zero-order chi connectivity index (χ0) is 11.0. The first-order valence-corrected chi connectivity index (χ1v) is 5.93. The first-order valence-electron chi connectivity index (χ1n) is 5.93. The predicted octanol–water partition coefficient (Wildman–Crippen LogP) is 0.639. The highest BCUT2D eigenvalue weighted by atomic mass is 16.5. The second-order valence-electron chi connectivity index (χ2n) is 4.93. The van der Waals surface area contributed by atoms with E-state index in [-0.39, 0.29) is 5.41 Å². The molecule has 1 aliphatic carbocycles. The second kappa shape index (κ2) is 3.82. The predicted molar refractivity (Wildman–Crippen MR) is 56.9 cm³/mol. The van der Waals surface area contributed by atoms with E-state index in [2.05, 4.69) is 10.1 Å². The fraction of sp³-hybridized carbons (Fsp3) is 0.818. The summed E-state index contributed by atoms with van der Waals surface area (Å²) in [7, 11) is 0. The molecule has 3 rings (SSSR count). The molecular weight excluding hydrogens is 206 g/mol. The number of nitrogens with two attached hydrogens (primary N) is 1. The summed E-state index contributed by atoms with van der Waals surface area (Å²) in [6.07, 6.45) is 4.13. The number of rotatable bonds is 4. The maximum absolute atomic E-state index is 5.73. The SMILES string of the molecule is NCC1(c2nc(CC3CCOC3)no2)CC1.